The maximum absolute atomic E-state index is 13.5. The van der Waals surface area contributed by atoms with Crippen molar-refractivity contribution in [2.45, 2.75) is 13.8 Å². The summed E-state index contributed by atoms with van der Waals surface area (Å²) in [4.78, 5) is 18.6. The van der Waals surface area contributed by atoms with E-state index in [0.717, 1.165) is 5.56 Å². The minimum atomic E-state index is -0.364. The third-order valence-corrected chi connectivity index (χ3v) is 4.41. The van der Waals surface area contributed by atoms with Gasteiger partial charge in [0.1, 0.15) is 17.9 Å². The van der Waals surface area contributed by atoms with Crippen molar-refractivity contribution >= 4 is 5.71 Å². The predicted octanol–water partition coefficient (Wildman–Crippen LogP) is 4.45. The van der Waals surface area contributed by atoms with E-state index in [9.17, 15) is 9.90 Å². The molecule has 5 nitrogen and oxygen atoms in total. The van der Waals surface area contributed by atoms with E-state index in [1.807, 2.05) is 60.7 Å². The Morgan fingerprint density at radius 1 is 1.14 bits per heavy atom. The maximum Gasteiger partial charge on any atom is 0.268 e. The number of benzene rings is 2. The fourth-order valence-electron chi connectivity index (χ4n) is 3.11. The first-order valence-electron chi connectivity index (χ1n) is 8.93. The fraction of sp³-hybridized carbons (Fsp3) is 0.130. The van der Waals surface area contributed by atoms with Gasteiger partial charge in [0.2, 0.25) is 0 Å². The zero-order chi connectivity index (χ0) is 20.1. The Morgan fingerprint density at radius 2 is 1.75 bits per heavy atom. The number of para-hydroxylation sites is 1. The molecule has 0 aliphatic rings. The summed E-state index contributed by atoms with van der Waals surface area (Å²) < 4.78 is 1.60. The van der Waals surface area contributed by atoms with Crippen molar-refractivity contribution in [1.29, 1.82) is 0 Å². The second kappa shape index (κ2) is 8.39. The Morgan fingerprint density at radius 3 is 2.36 bits per heavy atom. The molecule has 0 saturated carbocycles. The number of rotatable bonds is 6. The molecule has 0 radical (unpaired) electrons. The van der Waals surface area contributed by atoms with Crippen LogP contribution in [0.4, 0.5) is 0 Å². The SMILES string of the molecule is C=CCON=C(C)c1c(O)c(C)c(-c2ccccc2)n(-c2ccccc2)c1=O. The second-order valence-electron chi connectivity index (χ2n) is 6.30. The second-order valence-corrected chi connectivity index (χ2v) is 6.30. The third kappa shape index (κ3) is 3.60. The molecule has 0 saturated heterocycles. The summed E-state index contributed by atoms with van der Waals surface area (Å²) in [5, 5.41) is 14.8. The van der Waals surface area contributed by atoms with Crippen molar-refractivity contribution in [2.24, 2.45) is 5.16 Å². The van der Waals surface area contributed by atoms with E-state index in [0.29, 0.717) is 22.7 Å². The standard InChI is InChI=1S/C23H22N2O3/c1-4-15-28-24-17(3)20-22(26)16(2)21(18-11-7-5-8-12-18)25(23(20)27)19-13-9-6-10-14-19/h4-14,26H,1,15H2,2-3H3. The normalized spacial score (nSPS) is 11.3. The lowest BCUT2D eigenvalue weighted by atomic mass is 10.0. The minimum Gasteiger partial charge on any atom is -0.507 e. The first-order valence-corrected chi connectivity index (χ1v) is 8.93. The highest BCUT2D eigenvalue weighted by Gasteiger charge is 2.23. The van der Waals surface area contributed by atoms with Crippen LogP contribution in [0.2, 0.25) is 0 Å². The summed E-state index contributed by atoms with van der Waals surface area (Å²) >= 11 is 0. The van der Waals surface area contributed by atoms with Gasteiger partial charge in [-0.3, -0.25) is 9.36 Å². The van der Waals surface area contributed by atoms with Crippen LogP contribution in [-0.4, -0.2) is 22.0 Å². The van der Waals surface area contributed by atoms with Gasteiger partial charge in [0.25, 0.3) is 5.56 Å². The number of aromatic hydroxyl groups is 1. The van der Waals surface area contributed by atoms with Crippen molar-refractivity contribution < 1.29 is 9.94 Å². The lowest BCUT2D eigenvalue weighted by molar-refractivity contribution is 0.175. The maximum atomic E-state index is 13.5. The molecule has 28 heavy (non-hydrogen) atoms. The molecule has 0 fully saturated rings. The summed E-state index contributed by atoms with van der Waals surface area (Å²) in [6, 6.07) is 18.9. The molecule has 2 aromatic carbocycles. The topological polar surface area (TPSA) is 63.8 Å². The van der Waals surface area contributed by atoms with Gasteiger partial charge in [-0.2, -0.15) is 0 Å². The van der Waals surface area contributed by atoms with Gasteiger partial charge in [-0.25, -0.2) is 0 Å². The summed E-state index contributed by atoms with van der Waals surface area (Å²) in [6.07, 6.45) is 1.56. The lowest BCUT2D eigenvalue weighted by Crippen LogP contribution is -2.27. The van der Waals surface area contributed by atoms with Crippen LogP contribution in [0.5, 0.6) is 5.75 Å². The Bertz CT molecular complexity index is 1070. The highest BCUT2D eigenvalue weighted by molar-refractivity contribution is 6.01. The Balaban J connectivity index is 2.35. The number of oxime groups is 1. The van der Waals surface area contributed by atoms with Gasteiger partial charge in [-0.15, -0.1) is 0 Å². The fourth-order valence-corrected chi connectivity index (χ4v) is 3.11. The van der Waals surface area contributed by atoms with Crippen molar-refractivity contribution in [2.75, 3.05) is 6.61 Å². The lowest BCUT2D eigenvalue weighted by Gasteiger charge is -2.19. The first kappa shape index (κ1) is 19.2. The Hall–Kier alpha value is -3.60. The molecule has 1 heterocycles. The first-order chi connectivity index (χ1) is 13.6. The average Bonchev–Trinajstić information content (AvgIpc) is 2.72. The van der Waals surface area contributed by atoms with Crippen molar-refractivity contribution in [3.63, 3.8) is 0 Å². The molecule has 0 bridgehead atoms. The molecule has 1 N–H and O–H groups in total. The predicted molar refractivity (Wildman–Crippen MR) is 112 cm³/mol. The van der Waals surface area contributed by atoms with Gasteiger partial charge >= 0.3 is 0 Å². The van der Waals surface area contributed by atoms with Crippen LogP contribution in [0, 0.1) is 6.92 Å². The van der Waals surface area contributed by atoms with Crippen LogP contribution in [0.3, 0.4) is 0 Å². The molecule has 3 rings (SSSR count). The summed E-state index contributed by atoms with van der Waals surface area (Å²) in [5.41, 5.74) is 2.81. The molecule has 142 valence electrons. The Kier molecular flexibility index (Phi) is 5.75. The number of aromatic nitrogens is 1. The van der Waals surface area contributed by atoms with Gasteiger partial charge in [0.05, 0.1) is 11.4 Å². The molecular formula is C23H22N2O3. The number of pyridine rings is 1. The molecule has 1 aromatic heterocycles. The Labute approximate surface area is 163 Å². The van der Waals surface area contributed by atoms with E-state index in [1.165, 1.54) is 0 Å². The van der Waals surface area contributed by atoms with E-state index >= 15 is 0 Å². The van der Waals surface area contributed by atoms with Crippen molar-refractivity contribution in [3.05, 3.63) is 94.8 Å². The molecule has 0 spiro atoms. The van der Waals surface area contributed by atoms with Crippen LogP contribution < -0.4 is 5.56 Å². The van der Waals surface area contributed by atoms with Crippen LogP contribution in [0.15, 0.2) is 83.3 Å². The minimum absolute atomic E-state index is 0.0977. The summed E-state index contributed by atoms with van der Waals surface area (Å²) in [6.45, 7) is 7.21. The zero-order valence-electron chi connectivity index (χ0n) is 15.9. The van der Waals surface area contributed by atoms with Crippen molar-refractivity contribution in [1.82, 2.24) is 4.57 Å². The molecule has 5 heteroatoms. The molecule has 0 amide bonds. The monoisotopic (exact) mass is 374 g/mol. The van der Waals surface area contributed by atoms with Crippen LogP contribution in [0.1, 0.15) is 18.1 Å². The molecule has 3 aromatic rings. The quantitative estimate of drug-likeness (QED) is 0.300. The van der Waals surface area contributed by atoms with Gasteiger partial charge < -0.3 is 9.94 Å². The molecule has 0 unspecified atom stereocenters. The van der Waals surface area contributed by atoms with E-state index in [2.05, 4.69) is 11.7 Å². The van der Waals surface area contributed by atoms with Crippen LogP contribution >= 0.6 is 0 Å². The average molecular weight is 374 g/mol. The number of hydrogen-bond donors (Lipinski definition) is 1. The van der Waals surface area contributed by atoms with Gasteiger partial charge in [-0.1, -0.05) is 66.3 Å². The van der Waals surface area contributed by atoms with E-state index in [-0.39, 0.29) is 23.5 Å². The highest BCUT2D eigenvalue weighted by Crippen LogP contribution is 2.32. The van der Waals surface area contributed by atoms with Crippen LogP contribution in [0.25, 0.3) is 16.9 Å². The molecule has 0 aliphatic carbocycles. The molecule has 0 atom stereocenters. The third-order valence-electron chi connectivity index (χ3n) is 4.41. The zero-order valence-corrected chi connectivity index (χ0v) is 15.9. The van der Waals surface area contributed by atoms with E-state index < -0.39 is 0 Å². The molecule has 0 aliphatic heterocycles. The van der Waals surface area contributed by atoms with Crippen LogP contribution in [-0.2, 0) is 4.84 Å². The van der Waals surface area contributed by atoms with Gasteiger partial charge in [0, 0.05) is 11.3 Å². The highest BCUT2D eigenvalue weighted by atomic mass is 16.6. The summed E-state index contributed by atoms with van der Waals surface area (Å²) in [5.74, 6) is -0.0977. The summed E-state index contributed by atoms with van der Waals surface area (Å²) in [7, 11) is 0. The van der Waals surface area contributed by atoms with E-state index in [4.69, 9.17) is 4.84 Å². The molecular weight excluding hydrogens is 352 g/mol. The van der Waals surface area contributed by atoms with Gasteiger partial charge in [0.15, 0.2) is 0 Å². The van der Waals surface area contributed by atoms with Crippen molar-refractivity contribution in [3.8, 4) is 22.7 Å². The largest absolute Gasteiger partial charge is 0.507 e. The van der Waals surface area contributed by atoms with E-state index in [1.54, 1.807) is 24.5 Å². The number of hydrogen-bond acceptors (Lipinski definition) is 4. The van der Waals surface area contributed by atoms with Gasteiger partial charge in [-0.05, 0) is 31.5 Å². The smallest absolute Gasteiger partial charge is 0.268 e. The number of nitrogens with zero attached hydrogens (tertiary/aromatic N) is 2.